The van der Waals surface area contributed by atoms with Gasteiger partial charge in [-0.15, -0.1) is 12.4 Å². The average Bonchev–Trinajstić information content (AvgIpc) is 2.39. The Bertz CT molecular complexity index is 362. The zero-order valence-electron chi connectivity index (χ0n) is 11.2. The Kier molecular flexibility index (Phi) is 8.95. The largest absolute Gasteiger partial charge is 0.492 e. The van der Waals surface area contributed by atoms with Crippen LogP contribution >= 0.6 is 12.4 Å². The van der Waals surface area contributed by atoms with Crippen LogP contribution < -0.4 is 10.5 Å². The molecule has 0 saturated carbocycles. The van der Waals surface area contributed by atoms with Crippen molar-refractivity contribution < 1.29 is 14.3 Å². The molecule has 0 spiro atoms. The monoisotopic (exact) mass is 288 g/mol. The summed E-state index contributed by atoms with van der Waals surface area (Å²) in [6.45, 7) is 1.15. The first kappa shape index (κ1) is 17.7. The van der Waals surface area contributed by atoms with Gasteiger partial charge in [-0.1, -0.05) is 18.2 Å². The van der Waals surface area contributed by atoms with Gasteiger partial charge < -0.3 is 20.1 Å². The number of halogens is 1. The lowest BCUT2D eigenvalue weighted by Gasteiger charge is -2.20. The number of amides is 1. The van der Waals surface area contributed by atoms with Crippen molar-refractivity contribution in [2.45, 2.75) is 6.04 Å². The molecule has 0 fully saturated rings. The van der Waals surface area contributed by atoms with Gasteiger partial charge in [0.05, 0.1) is 13.2 Å². The Labute approximate surface area is 120 Å². The highest BCUT2D eigenvalue weighted by Crippen LogP contribution is 2.07. The summed E-state index contributed by atoms with van der Waals surface area (Å²) < 4.78 is 10.3. The number of likely N-dealkylation sites (N-methyl/N-ethyl adjacent to an activating group) is 1. The third-order valence-corrected chi connectivity index (χ3v) is 2.48. The van der Waals surface area contributed by atoms with E-state index in [0.717, 1.165) is 5.75 Å². The van der Waals surface area contributed by atoms with Crippen LogP contribution in [-0.4, -0.2) is 50.8 Å². The molecule has 0 aliphatic carbocycles. The molecule has 1 aromatic carbocycles. The predicted molar refractivity (Wildman–Crippen MR) is 76.7 cm³/mol. The smallest absolute Gasteiger partial charge is 0.241 e. The van der Waals surface area contributed by atoms with E-state index in [1.807, 2.05) is 30.3 Å². The Morgan fingerprint density at radius 2 is 2.00 bits per heavy atom. The highest BCUT2D eigenvalue weighted by molar-refractivity contribution is 5.85. The van der Waals surface area contributed by atoms with Crippen LogP contribution in [0.3, 0.4) is 0 Å². The maximum atomic E-state index is 11.7. The molecule has 0 aliphatic rings. The number of benzene rings is 1. The zero-order chi connectivity index (χ0) is 13.4. The van der Waals surface area contributed by atoms with Gasteiger partial charge in [-0.25, -0.2) is 0 Å². The zero-order valence-corrected chi connectivity index (χ0v) is 12.1. The molecule has 0 saturated heterocycles. The minimum atomic E-state index is -0.614. The molecule has 2 N–H and O–H groups in total. The quantitative estimate of drug-likeness (QED) is 0.810. The van der Waals surface area contributed by atoms with Crippen LogP contribution in [0.5, 0.6) is 5.75 Å². The molecule has 1 atom stereocenters. The number of rotatable bonds is 7. The minimum Gasteiger partial charge on any atom is -0.492 e. The molecule has 0 bridgehead atoms. The third kappa shape index (κ3) is 6.42. The van der Waals surface area contributed by atoms with Crippen LogP contribution in [0.25, 0.3) is 0 Å². The second kappa shape index (κ2) is 9.61. The van der Waals surface area contributed by atoms with E-state index in [1.165, 1.54) is 7.11 Å². The van der Waals surface area contributed by atoms with Crippen molar-refractivity contribution in [3.05, 3.63) is 30.3 Å². The number of carbonyl (C=O) groups excluding carboxylic acids is 1. The molecule has 0 aromatic heterocycles. The SMILES string of the molecule is COCC(N)C(=O)N(C)CCOc1ccccc1.Cl. The van der Waals surface area contributed by atoms with E-state index >= 15 is 0 Å². The molecule has 1 unspecified atom stereocenters. The number of nitrogens with zero attached hydrogens (tertiary/aromatic N) is 1. The number of hydrogen-bond acceptors (Lipinski definition) is 4. The van der Waals surface area contributed by atoms with Crippen LogP contribution in [0.4, 0.5) is 0 Å². The van der Waals surface area contributed by atoms with Gasteiger partial charge in [0, 0.05) is 14.2 Å². The number of methoxy groups -OCH3 is 1. The molecule has 6 heteroatoms. The number of ether oxygens (including phenoxy) is 2. The molecule has 19 heavy (non-hydrogen) atoms. The van der Waals surface area contributed by atoms with Gasteiger partial charge in [-0.3, -0.25) is 4.79 Å². The van der Waals surface area contributed by atoms with Crippen LogP contribution in [0.1, 0.15) is 0 Å². The molecule has 0 radical (unpaired) electrons. The minimum absolute atomic E-state index is 0. The first-order valence-electron chi connectivity index (χ1n) is 5.82. The fraction of sp³-hybridized carbons (Fsp3) is 0.462. The van der Waals surface area contributed by atoms with Gasteiger partial charge in [0.25, 0.3) is 0 Å². The van der Waals surface area contributed by atoms with Crippen LogP contribution in [0, 0.1) is 0 Å². The Balaban J connectivity index is 0.00000324. The normalized spacial score (nSPS) is 11.3. The molecule has 0 heterocycles. The number of carbonyl (C=O) groups is 1. The van der Waals surface area contributed by atoms with E-state index < -0.39 is 6.04 Å². The van der Waals surface area contributed by atoms with Crippen molar-refractivity contribution in [1.82, 2.24) is 4.90 Å². The standard InChI is InChI=1S/C13H20N2O3.ClH/c1-15(13(16)12(14)10-17-2)8-9-18-11-6-4-3-5-7-11;/h3-7,12H,8-10,14H2,1-2H3;1H. The number of hydrogen-bond donors (Lipinski definition) is 1. The molecule has 1 aromatic rings. The summed E-state index contributed by atoms with van der Waals surface area (Å²) in [5.74, 6) is 0.646. The van der Waals surface area contributed by atoms with Gasteiger partial charge >= 0.3 is 0 Å². The van der Waals surface area contributed by atoms with E-state index in [0.29, 0.717) is 13.2 Å². The van der Waals surface area contributed by atoms with Gasteiger partial charge in [-0.2, -0.15) is 0 Å². The molecule has 108 valence electrons. The lowest BCUT2D eigenvalue weighted by molar-refractivity contribution is -0.132. The van der Waals surface area contributed by atoms with E-state index in [2.05, 4.69) is 0 Å². The van der Waals surface area contributed by atoms with Crippen molar-refractivity contribution in [3.63, 3.8) is 0 Å². The van der Waals surface area contributed by atoms with Gasteiger partial charge in [-0.05, 0) is 12.1 Å². The van der Waals surface area contributed by atoms with Crippen molar-refractivity contribution in [2.75, 3.05) is 33.9 Å². The van der Waals surface area contributed by atoms with Crippen molar-refractivity contribution in [3.8, 4) is 5.75 Å². The van der Waals surface area contributed by atoms with Crippen LogP contribution in [-0.2, 0) is 9.53 Å². The lowest BCUT2D eigenvalue weighted by atomic mass is 10.3. The first-order valence-corrected chi connectivity index (χ1v) is 5.82. The fourth-order valence-electron chi connectivity index (χ4n) is 1.46. The molecule has 0 aliphatic heterocycles. The fourth-order valence-corrected chi connectivity index (χ4v) is 1.46. The van der Waals surface area contributed by atoms with Crippen molar-refractivity contribution in [1.29, 1.82) is 0 Å². The first-order chi connectivity index (χ1) is 8.65. The second-order valence-corrected chi connectivity index (χ2v) is 3.98. The topological polar surface area (TPSA) is 64.8 Å². The van der Waals surface area contributed by atoms with Gasteiger partial charge in [0.2, 0.25) is 5.91 Å². The summed E-state index contributed by atoms with van der Waals surface area (Å²) >= 11 is 0. The maximum Gasteiger partial charge on any atom is 0.241 e. The number of para-hydroxylation sites is 1. The van der Waals surface area contributed by atoms with Gasteiger partial charge in [0.1, 0.15) is 18.4 Å². The summed E-state index contributed by atoms with van der Waals surface area (Å²) in [7, 11) is 3.22. The van der Waals surface area contributed by atoms with E-state index in [9.17, 15) is 4.79 Å². The molecule has 5 nitrogen and oxygen atoms in total. The predicted octanol–water partition coefficient (Wildman–Crippen LogP) is 0.919. The maximum absolute atomic E-state index is 11.7. The average molecular weight is 289 g/mol. The van der Waals surface area contributed by atoms with Crippen LogP contribution in [0.2, 0.25) is 0 Å². The molecule has 1 amide bonds. The molecular formula is C13H21ClN2O3. The lowest BCUT2D eigenvalue weighted by Crippen LogP contribution is -2.45. The summed E-state index contributed by atoms with van der Waals surface area (Å²) in [6, 6.07) is 8.86. The highest BCUT2D eigenvalue weighted by Gasteiger charge is 2.17. The van der Waals surface area contributed by atoms with E-state index in [-0.39, 0.29) is 24.9 Å². The summed E-state index contributed by atoms with van der Waals surface area (Å²) in [4.78, 5) is 13.3. The van der Waals surface area contributed by atoms with Crippen molar-refractivity contribution in [2.24, 2.45) is 5.73 Å². The van der Waals surface area contributed by atoms with E-state index in [1.54, 1.807) is 11.9 Å². The summed E-state index contributed by atoms with van der Waals surface area (Å²) in [5.41, 5.74) is 5.65. The molecule has 1 rings (SSSR count). The van der Waals surface area contributed by atoms with Crippen LogP contribution in [0.15, 0.2) is 30.3 Å². The number of nitrogens with two attached hydrogens (primary N) is 1. The Morgan fingerprint density at radius 1 is 1.37 bits per heavy atom. The third-order valence-electron chi connectivity index (χ3n) is 2.48. The second-order valence-electron chi connectivity index (χ2n) is 3.98. The Hall–Kier alpha value is -1.30. The molecular weight excluding hydrogens is 268 g/mol. The van der Waals surface area contributed by atoms with Gasteiger partial charge in [0.15, 0.2) is 0 Å². The van der Waals surface area contributed by atoms with Crippen molar-refractivity contribution >= 4 is 18.3 Å². The highest BCUT2D eigenvalue weighted by atomic mass is 35.5. The Morgan fingerprint density at radius 3 is 2.58 bits per heavy atom. The summed E-state index contributed by atoms with van der Waals surface area (Å²) in [5, 5.41) is 0. The summed E-state index contributed by atoms with van der Waals surface area (Å²) in [6.07, 6.45) is 0. The van der Waals surface area contributed by atoms with E-state index in [4.69, 9.17) is 15.2 Å².